The molecule has 3 aromatic carbocycles. The van der Waals surface area contributed by atoms with Crippen molar-refractivity contribution in [3.63, 3.8) is 0 Å². The van der Waals surface area contributed by atoms with Gasteiger partial charge in [0.05, 0.1) is 22.8 Å². The van der Waals surface area contributed by atoms with E-state index in [1.165, 1.54) is 12.4 Å². The lowest BCUT2D eigenvalue weighted by atomic mass is 10.0. The van der Waals surface area contributed by atoms with Gasteiger partial charge in [-0.1, -0.05) is 42.0 Å². The van der Waals surface area contributed by atoms with Crippen LogP contribution >= 0.6 is 0 Å². The molecule has 2 aromatic heterocycles. The predicted octanol–water partition coefficient (Wildman–Crippen LogP) is 3.74. The van der Waals surface area contributed by atoms with Gasteiger partial charge in [0.25, 0.3) is 5.91 Å². The number of amides is 1. The van der Waals surface area contributed by atoms with Crippen LogP contribution in [0.2, 0.25) is 0 Å². The van der Waals surface area contributed by atoms with Gasteiger partial charge in [-0.2, -0.15) is 5.10 Å². The molecule has 152 valence electrons. The Morgan fingerprint density at radius 3 is 2.65 bits per heavy atom. The second-order valence-electron chi connectivity index (χ2n) is 7.15. The maximum Gasteiger partial charge on any atom is 0.270 e. The fraction of sp³-hybridized carbons (Fsp3) is 0.0435. The van der Waals surface area contributed by atoms with Crippen LogP contribution in [0.1, 0.15) is 15.9 Å². The number of nitrogens with one attached hydrogen (secondary N) is 2. The summed E-state index contributed by atoms with van der Waals surface area (Å²) in [6.07, 6.45) is 3.06. The van der Waals surface area contributed by atoms with Crippen LogP contribution < -0.4 is 10.9 Å². The minimum Gasteiger partial charge on any atom is -0.508 e. The standard InChI is InChI=1S/C23H18N6O2/c1-14-6-8-16(9-7-14)29-22-20(12-26-29)21(24-13-25-22)27-28-23(31)19-11-17(30)10-15-4-2-3-5-18(15)19/h2-13,30H,1H3,(H,28,31)(H,24,25,27). The third-order valence-corrected chi connectivity index (χ3v) is 5.03. The van der Waals surface area contributed by atoms with Gasteiger partial charge in [0.2, 0.25) is 0 Å². The van der Waals surface area contributed by atoms with Crippen LogP contribution in [0.5, 0.6) is 5.75 Å². The van der Waals surface area contributed by atoms with Gasteiger partial charge in [-0.15, -0.1) is 0 Å². The summed E-state index contributed by atoms with van der Waals surface area (Å²) in [5.41, 5.74) is 8.50. The summed E-state index contributed by atoms with van der Waals surface area (Å²) in [5.74, 6) is 0.0404. The molecule has 5 aromatic rings. The van der Waals surface area contributed by atoms with E-state index < -0.39 is 5.91 Å². The second-order valence-corrected chi connectivity index (χ2v) is 7.15. The highest BCUT2D eigenvalue weighted by Crippen LogP contribution is 2.25. The summed E-state index contributed by atoms with van der Waals surface area (Å²) in [6.45, 7) is 2.02. The molecule has 0 atom stereocenters. The summed E-state index contributed by atoms with van der Waals surface area (Å²) in [5, 5.41) is 16.6. The second kappa shape index (κ2) is 7.42. The van der Waals surface area contributed by atoms with Crippen molar-refractivity contribution in [1.29, 1.82) is 0 Å². The van der Waals surface area contributed by atoms with Gasteiger partial charge in [-0.3, -0.25) is 15.6 Å². The van der Waals surface area contributed by atoms with E-state index in [0.717, 1.165) is 22.0 Å². The Hall–Kier alpha value is -4.46. The van der Waals surface area contributed by atoms with Gasteiger partial charge >= 0.3 is 0 Å². The van der Waals surface area contributed by atoms with Crippen LogP contribution in [-0.4, -0.2) is 30.8 Å². The Morgan fingerprint density at radius 2 is 1.81 bits per heavy atom. The van der Waals surface area contributed by atoms with E-state index in [0.29, 0.717) is 22.4 Å². The molecule has 0 aliphatic heterocycles. The molecule has 1 amide bonds. The number of hydrogen-bond acceptors (Lipinski definition) is 6. The van der Waals surface area contributed by atoms with Crippen LogP contribution in [0, 0.1) is 6.92 Å². The zero-order valence-electron chi connectivity index (χ0n) is 16.6. The number of carbonyl (C=O) groups is 1. The third kappa shape index (κ3) is 3.40. The van der Waals surface area contributed by atoms with E-state index in [1.807, 2.05) is 55.5 Å². The highest BCUT2D eigenvalue weighted by atomic mass is 16.3. The summed E-state index contributed by atoms with van der Waals surface area (Å²) in [7, 11) is 0. The van der Waals surface area contributed by atoms with Gasteiger partial charge in [0, 0.05) is 0 Å². The average molecular weight is 410 g/mol. The van der Waals surface area contributed by atoms with Crippen molar-refractivity contribution in [3.8, 4) is 11.4 Å². The zero-order valence-corrected chi connectivity index (χ0v) is 16.6. The lowest BCUT2D eigenvalue weighted by Crippen LogP contribution is -2.30. The first-order chi connectivity index (χ1) is 15.1. The first-order valence-electron chi connectivity index (χ1n) is 9.64. The van der Waals surface area contributed by atoms with Crippen molar-refractivity contribution < 1.29 is 9.90 Å². The highest BCUT2D eigenvalue weighted by molar-refractivity contribution is 6.08. The number of hydrogen-bond donors (Lipinski definition) is 3. The SMILES string of the molecule is Cc1ccc(-n2ncc3c(NNC(=O)c4cc(O)cc5ccccc45)ncnc32)cc1. The number of carbonyl (C=O) groups excluding carboxylic acids is 1. The number of phenolic OH excluding ortho intramolecular Hbond substituents is 1. The van der Waals surface area contributed by atoms with Gasteiger partial charge in [-0.25, -0.2) is 14.6 Å². The number of aryl methyl sites for hydroxylation is 1. The summed E-state index contributed by atoms with van der Waals surface area (Å²) in [4.78, 5) is 21.4. The third-order valence-electron chi connectivity index (χ3n) is 5.03. The van der Waals surface area contributed by atoms with E-state index in [2.05, 4.69) is 25.9 Å². The van der Waals surface area contributed by atoms with Crippen LogP contribution in [0.25, 0.3) is 27.5 Å². The van der Waals surface area contributed by atoms with E-state index in [-0.39, 0.29) is 5.75 Å². The lowest BCUT2D eigenvalue weighted by Gasteiger charge is -2.11. The maximum absolute atomic E-state index is 12.8. The molecule has 0 radical (unpaired) electrons. The summed E-state index contributed by atoms with van der Waals surface area (Å²) < 4.78 is 1.71. The molecule has 0 bridgehead atoms. The van der Waals surface area contributed by atoms with Crippen LogP contribution in [0.15, 0.2) is 73.2 Å². The fourth-order valence-electron chi connectivity index (χ4n) is 3.48. The molecule has 0 aliphatic rings. The average Bonchev–Trinajstić information content (AvgIpc) is 3.22. The predicted molar refractivity (Wildman–Crippen MR) is 118 cm³/mol. The molecule has 8 heteroatoms. The lowest BCUT2D eigenvalue weighted by molar-refractivity contribution is 0.0964. The number of hydrazine groups is 1. The number of anilines is 1. The van der Waals surface area contributed by atoms with E-state index in [1.54, 1.807) is 16.9 Å². The molecule has 31 heavy (non-hydrogen) atoms. The Morgan fingerprint density at radius 1 is 1.00 bits per heavy atom. The van der Waals surface area contributed by atoms with Gasteiger partial charge < -0.3 is 5.11 Å². The molecule has 0 unspecified atom stereocenters. The van der Waals surface area contributed by atoms with Crippen molar-refractivity contribution in [2.24, 2.45) is 0 Å². The number of rotatable bonds is 4. The van der Waals surface area contributed by atoms with E-state index in [9.17, 15) is 9.90 Å². The number of fused-ring (bicyclic) bond motifs is 2. The van der Waals surface area contributed by atoms with Crippen LogP contribution in [0.3, 0.4) is 0 Å². The largest absolute Gasteiger partial charge is 0.508 e. The Labute approximate surface area is 177 Å². The van der Waals surface area contributed by atoms with Gasteiger partial charge in [0.1, 0.15) is 12.1 Å². The molecular weight excluding hydrogens is 392 g/mol. The number of aromatic nitrogens is 4. The van der Waals surface area contributed by atoms with Crippen molar-refractivity contribution in [1.82, 2.24) is 25.2 Å². The molecular formula is C23H18N6O2. The smallest absolute Gasteiger partial charge is 0.270 e. The first-order valence-corrected chi connectivity index (χ1v) is 9.64. The monoisotopic (exact) mass is 410 g/mol. The first kappa shape index (κ1) is 18.6. The molecule has 0 saturated carbocycles. The van der Waals surface area contributed by atoms with Crippen molar-refractivity contribution >= 4 is 33.5 Å². The number of nitrogens with zero attached hydrogens (tertiary/aromatic N) is 4. The minimum absolute atomic E-state index is 0.0210. The van der Waals surface area contributed by atoms with Crippen molar-refractivity contribution in [3.05, 3.63) is 84.3 Å². The topological polar surface area (TPSA) is 105 Å². The molecule has 0 spiro atoms. The maximum atomic E-state index is 12.8. The van der Waals surface area contributed by atoms with E-state index in [4.69, 9.17) is 0 Å². The van der Waals surface area contributed by atoms with Gasteiger partial charge in [0.15, 0.2) is 11.5 Å². The van der Waals surface area contributed by atoms with Crippen LogP contribution in [0.4, 0.5) is 5.82 Å². The summed E-state index contributed by atoms with van der Waals surface area (Å²) >= 11 is 0. The van der Waals surface area contributed by atoms with Gasteiger partial charge in [-0.05, 0) is 42.0 Å². The number of aromatic hydroxyl groups is 1. The van der Waals surface area contributed by atoms with E-state index >= 15 is 0 Å². The molecule has 0 aliphatic carbocycles. The highest BCUT2D eigenvalue weighted by Gasteiger charge is 2.14. The van der Waals surface area contributed by atoms with Crippen molar-refractivity contribution in [2.45, 2.75) is 6.92 Å². The number of benzene rings is 3. The molecule has 3 N–H and O–H groups in total. The fourth-order valence-corrected chi connectivity index (χ4v) is 3.48. The normalized spacial score (nSPS) is 11.0. The summed E-state index contributed by atoms with van der Waals surface area (Å²) in [6, 6.07) is 18.4. The molecule has 0 saturated heterocycles. The number of phenols is 1. The Balaban J connectivity index is 1.44. The Kier molecular flexibility index (Phi) is 4.44. The zero-order chi connectivity index (χ0) is 21.4. The van der Waals surface area contributed by atoms with Crippen LogP contribution in [-0.2, 0) is 0 Å². The molecule has 5 rings (SSSR count). The Bertz CT molecular complexity index is 1430. The molecule has 2 heterocycles. The quantitative estimate of drug-likeness (QED) is 0.390. The molecule has 0 fully saturated rings. The minimum atomic E-state index is -0.398. The molecule has 8 nitrogen and oxygen atoms in total. The van der Waals surface area contributed by atoms with Crippen molar-refractivity contribution in [2.75, 3.05) is 5.43 Å².